The second kappa shape index (κ2) is 7.98. The van der Waals surface area contributed by atoms with Crippen molar-refractivity contribution in [2.24, 2.45) is 0 Å². The molecule has 0 aliphatic rings. The van der Waals surface area contributed by atoms with Crippen molar-refractivity contribution in [2.45, 2.75) is 13.8 Å². The minimum Gasteiger partial charge on any atom is -0.491 e. The number of hydrogen-bond donors (Lipinski definition) is 2. The Morgan fingerprint density at radius 1 is 1.25 bits per heavy atom. The summed E-state index contributed by atoms with van der Waals surface area (Å²) in [7, 11) is 0. The second-order valence-electron chi connectivity index (χ2n) is 3.69. The molecule has 2 N–H and O–H groups in total. The van der Waals surface area contributed by atoms with Crippen LogP contribution in [0.3, 0.4) is 0 Å². The van der Waals surface area contributed by atoms with E-state index < -0.39 is 17.8 Å². The summed E-state index contributed by atoms with van der Waals surface area (Å²) in [4.78, 5) is 22.5. The maximum Gasteiger partial charge on any atom is 0.325 e. The highest BCUT2D eigenvalue weighted by atomic mass is 19.1. The lowest BCUT2D eigenvalue weighted by Crippen LogP contribution is -2.34. The second-order valence-corrected chi connectivity index (χ2v) is 3.69. The Hall–Kier alpha value is -2.31. The Bertz CT molecular complexity index is 479. The number of anilines is 1. The fourth-order valence-corrected chi connectivity index (χ4v) is 1.39. The largest absolute Gasteiger partial charge is 0.491 e. The quantitative estimate of drug-likeness (QED) is 0.782. The van der Waals surface area contributed by atoms with Gasteiger partial charge >= 0.3 is 12.0 Å². The van der Waals surface area contributed by atoms with Crippen molar-refractivity contribution < 1.29 is 23.5 Å². The predicted octanol–water partition coefficient (Wildman–Crippen LogP) is 1.91. The van der Waals surface area contributed by atoms with Crippen LogP contribution in [0.4, 0.5) is 14.9 Å². The molecule has 0 saturated heterocycles. The summed E-state index contributed by atoms with van der Waals surface area (Å²) in [6.07, 6.45) is 0. The highest BCUT2D eigenvalue weighted by Gasteiger charge is 2.08. The van der Waals surface area contributed by atoms with Gasteiger partial charge in [-0.05, 0) is 26.0 Å². The van der Waals surface area contributed by atoms with E-state index in [1.165, 1.54) is 12.1 Å². The summed E-state index contributed by atoms with van der Waals surface area (Å²) in [5, 5.41) is 4.69. The van der Waals surface area contributed by atoms with E-state index in [0.717, 1.165) is 6.07 Å². The number of benzene rings is 1. The lowest BCUT2D eigenvalue weighted by molar-refractivity contribution is -0.141. The van der Waals surface area contributed by atoms with Gasteiger partial charge in [0.05, 0.1) is 13.2 Å². The van der Waals surface area contributed by atoms with E-state index in [1.807, 2.05) is 0 Å². The van der Waals surface area contributed by atoms with Gasteiger partial charge < -0.3 is 20.1 Å². The Morgan fingerprint density at radius 2 is 2.00 bits per heavy atom. The first-order chi connectivity index (χ1) is 9.56. The molecule has 0 saturated carbocycles. The number of carbonyl (C=O) groups is 2. The first-order valence-corrected chi connectivity index (χ1v) is 6.19. The minimum absolute atomic E-state index is 0.116. The number of carbonyl (C=O) groups excluding carboxylic acids is 2. The number of halogens is 1. The molecule has 0 atom stereocenters. The number of urea groups is 1. The Kier molecular flexibility index (Phi) is 6.28. The normalized spacial score (nSPS) is 9.75. The predicted molar refractivity (Wildman–Crippen MR) is 71.2 cm³/mol. The van der Waals surface area contributed by atoms with Crippen LogP contribution in [0.25, 0.3) is 0 Å². The molecule has 0 unspecified atom stereocenters. The monoisotopic (exact) mass is 284 g/mol. The fraction of sp³-hybridized carbons (Fsp3) is 0.385. The number of rotatable bonds is 6. The van der Waals surface area contributed by atoms with Gasteiger partial charge in [0.15, 0.2) is 11.6 Å². The number of ether oxygens (including phenoxy) is 2. The zero-order chi connectivity index (χ0) is 15.0. The van der Waals surface area contributed by atoms with Gasteiger partial charge in [-0.1, -0.05) is 0 Å². The van der Waals surface area contributed by atoms with Crippen LogP contribution < -0.4 is 15.4 Å². The van der Waals surface area contributed by atoms with Gasteiger partial charge in [0.1, 0.15) is 6.54 Å². The SMILES string of the molecule is CCOC(=O)CNC(=O)Nc1ccc(OCC)c(F)c1. The molecule has 0 aliphatic carbocycles. The van der Waals surface area contributed by atoms with Crippen LogP contribution in [0.15, 0.2) is 18.2 Å². The molecule has 1 aromatic rings. The number of nitrogens with one attached hydrogen (secondary N) is 2. The summed E-state index contributed by atoms with van der Waals surface area (Å²) in [6.45, 7) is 3.75. The van der Waals surface area contributed by atoms with Crippen molar-refractivity contribution >= 4 is 17.7 Å². The maximum atomic E-state index is 13.5. The van der Waals surface area contributed by atoms with Crippen molar-refractivity contribution in [3.8, 4) is 5.75 Å². The van der Waals surface area contributed by atoms with Crippen molar-refractivity contribution in [3.63, 3.8) is 0 Å². The standard InChI is InChI=1S/C13H17FN2O4/c1-3-19-11-6-5-9(7-10(11)14)16-13(18)15-8-12(17)20-4-2/h5-7H,3-4,8H2,1-2H3,(H2,15,16,18). The molecule has 2 amide bonds. The van der Waals surface area contributed by atoms with Gasteiger partial charge in [-0.3, -0.25) is 4.79 Å². The number of esters is 1. The molecule has 0 radical (unpaired) electrons. The van der Waals surface area contributed by atoms with E-state index in [2.05, 4.69) is 15.4 Å². The maximum absolute atomic E-state index is 13.5. The van der Waals surface area contributed by atoms with E-state index in [-0.39, 0.29) is 24.6 Å². The van der Waals surface area contributed by atoms with Crippen LogP contribution in [0.1, 0.15) is 13.8 Å². The molecule has 1 rings (SSSR count). The minimum atomic E-state index is -0.624. The molecule has 0 fully saturated rings. The third-order valence-corrected chi connectivity index (χ3v) is 2.19. The molecule has 1 aromatic carbocycles. The van der Waals surface area contributed by atoms with Crippen LogP contribution in [0.5, 0.6) is 5.75 Å². The van der Waals surface area contributed by atoms with Gasteiger partial charge in [0.2, 0.25) is 0 Å². The summed E-state index contributed by atoms with van der Waals surface area (Å²) in [6, 6.07) is 3.42. The molecule has 7 heteroatoms. The Morgan fingerprint density at radius 3 is 2.60 bits per heavy atom. The molecular weight excluding hydrogens is 267 g/mol. The first kappa shape index (κ1) is 15.7. The molecule has 6 nitrogen and oxygen atoms in total. The molecule has 0 aromatic heterocycles. The van der Waals surface area contributed by atoms with Crippen molar-refractivity contribution in [2.75, 3.05) is 25.1 Å². The number of amides is 2. The highest BCUT2D eigenvalue weighted by molar-refractivity contribution is 5.91. The van der Waals surface area contributed by atoms with E-state index >= 15 is 0 Å². The molecular formula is C13H17FN2O4. The zero-order valence-electron chi connectivity index (χ0n) is 11.4. The van der Waals surface area contributed by atoms with Crippen LogP contribution >= 0.6 is 0 Å². The number of hydrogen-bond acceptors (Lipinski definition) is 4. The summed E-state index contributed by atoms with van der Waals surface area (Å²) in [5.41, 5.74) is 0.257. The van der Waals surface area contributed by atoms with Gasteiger partial charge in [0.25, 0.3) is 0 Å². The van der Waals surface area contributed by atoms with Crippen molar-refractivity contribution in [1.82, 2.24) is 5.32 Å². The zero-order valence-corrected chi connectivity index (χ0v) is 11.4. The lowest BCUT2D eigenvalue weighted by Gasteiger charge is -2.09. The van der Waals surface area contributed by atoms with Crippen LogP contribution in [-0.4, -0.2) is 31.8 Å². The van der Waals surface area contributed by atoms with Gasteiger partial charge in [-0.2, -0.15) is 0 Å². The summed E-state index contributed by atoms with van der Waals surface area (Å²) < 4.78 is 23.2. The van der Waals surface area contributed by atoms with Gasteiger partial charge in [-0.15, -0.1) is 0 Å². The lowest BCUT2D eigenvalue weighted by atomic mass is 10.3. The molecule has 110 valence electrons. The van der Waals surface area contributed by atoms with Crippen LogP contribution in [0, 0.1) is 5.82 Å². The van der Waals surface area contributed by atoms with E-state index in [4.69, 9.17) is 4.74 Å². The van der Waals surface area contributed by atoms with Crippen molar-refractivity contribution in [3.05, 3.63) is 24.0 Å². The fourth-order valence-electron chi connectivity index (χ4n) is 1.39. The molecule has 0 heterocycles. The average Bonchev–Trinajstić information content (AvgIpc) is 2.40. The Labute approximate surface area is 116 Å². The summed E-state index contributed by atoms with van der Waals surface area (Å²) >= 11 is 0. The third-order valence-electron chi connectivity index (χ3n) is 2.19. The average molecular weight is 284 g/mol. The van der Waals surface area contributed by atoms with Crippen LogP contribution in [0.2, 0.25) is 0 Å². The van der Waals surface area contributed by atoms with Crippen molar-refractivity contribution in [1.29, 1.82) is 0 Å². The first-order valence-electron chi connectivity index (χ1n) is 6.19. The molecule has 0 bridgehead atoms. The van der Waals surface area contributed by atoms with Gasteiger partial charge in [-0.25, -0.2) is 9.18 Å². The summed E-state index contributed by atoms with van der Waals surface area (Å²) in [5.74, 6) is -0.999. The van der Waals surface area contributed by atoms with Gasteiger partial charge in [0, 0.05) is 11.8 Å². The van der Waals surface area contributed by atoms with E-state index in [0.29, 0.717) is 6.61 Å². The molecule has 0 spiro atoms. The van der Waals surface area contributed by atoms with Crippen LogP contribution in [-0.2, 0) is 9.53 Å². The topological polar surface area (TPSA) is 76.7 Å². The van der Waals surface area contributed by atoms with E-state index in [1.54, 1.807) is 13.8 Å². The molecule has 20 heavy (non-hydrogen) atoms. The highest BCUT2D eigenvalue weighted by Crippen LogP contribution is 2.20. The van der Waals surface area contributed by atoms with E-state index in [9.17, 15) is 14.0 Å². The molecule has 0 aliphatic heterocycles. The smallest absolute Gasteiger partial charge is 0.325 e. The Balaban J connectivity index is 2.49. The third kappa shape index (κ3) is 5.13.